The minimum absolute atomic E-state index is 0.0218. The summed E-state index contributed by atoms with van der Waals surface area (Å²) in [4.78, 5) is 54.8. The normalized spacial score (nSPS) is 16.1. The Balaban J connectivity index is 1.30. The van der Waals surface area contributed by atoms with Crippen molar-refractivity contribution in [3.05, 3.63) is 38.4 Å². The number of carbonyl (C=O) groups excluding carboxylic acids is 4. The average molecular weight is 476 g/mol. The Kier molecular flexibility index (Phi) is 6.61. The molecule has 0 aromatic carbocycles. The molecule has 4 rings (SSSR count). The monoisotopic (exact) mass is 475 g/mol. The van der Waals surface area contributed by atoms with Crippen LogP contribution in [0, 0.1) is 19.8 Å². The highest BCUT2D eigenvalue weighted by atomic mass is 32.1. The van der Waals surface area contributed by atoms with Crippen molar-refractivity contribution in [3.63, 3.8) is 0 Å². The maximum atomic E-state index is 12.7. The van der Waals surface area contributed by atoms with E-state index in [1.165, 1.54) is 22.7 Å². The van der Waals surface area contributed by atoms with E-state index in [4.69, 9.17) is 4.74 Å². The van der Waals surface area contributed by atoms with Crippen LogP contribution in [0.1, 0.15) is 43.3 Å². The molecule has 32 heavy (non-hydrogen) atoms. The Morgan fingerprint density at radius 3 is 2.41 bits per heavy atom. The molecule has 0 spiro atoms. The number of esters is 1. The summed E-state index contributed by atoms with van der Waals surface area (Å²) >= 11 is 2.74. The lowest BCUT2D eigenvalue weighted by Crippen LogP contribution is -2.51. The summed E-state index contributed by atoms with van der Waals surface area (Å²) in [7, 11) is 0. The number of amides is 3. The summed E-state index contributed by atoms with van der Waals surface area (Å²) in [5, 5.41) is 5.18. The molecule has 0 bridgehead atoms. The predicted molar refractivity (Wildman–Crippen MR) is 122 cm³/mol. The maximum absolute atomic E-state index is 12.7. The van der Waals surface area contributed by atoms with Crippen LogP contribution in [0.15, 0.2) is 17.5 Å². The number of rotatable bonds is 6. The number of anilines is 1. The average Bonchev–Trinajstić information content (AvgIpc) is 3.43. The van der Waals surface area contributed by atoms with E-state index in [1.54, 1.807) is 22.8 Å². The Bertz CT molecular complexity index is 1030. The molecule has 3 heterocycles. The van der Waals surface area contributed by atoms with Crippen LogP contribution in [0.4, 0.5) is 5.00 Å². The minimum Gasteiger partial charge on any atom is -0.452 e. The lowest BCUT2D eigenvalue weighted by atomic mass is 10.1. The molecule has 2 aliphatic rings. The molecule has 2 fully saturated rings. The van der Waals surface area contributed by atoms with Crippen molar-refractivity contribution in [3.8, 4) is 0 Å². The number of carbonyl (C=O) groups is 4. The van der Waals surface area contributed by atoms with E-state index < -0.39 is 5.97 Å². The zero-order valence-electron chi connectivity index (χ0n) is 18.0. The van der Waals surface area contributed by atoms with Crippen molar-refractivity contribution in [2.75, 3.05) is 38.1 Å². The smallest absolute Gasteiger partial charge is 0.341 e. The molecule has 0 radical (unpaired) electrons. The summed E-state index contributed by atoms with van der Waals surface area (Å²) in [5.74, 6) is -0.991. The van der Waals surface area contributed by atoms with Gasteiger partial charge in [0, 0.05) is 37.0 Å². The highest BCUT2D eigenvalue weighted by Crippen LogP contribution is 2.36. The molecule has 1 N–H and O–H groups in total. The molecular weight excluding hydrogens is 450 g/mol. The highest BCUT2D eigenvalue weighted by Gasteiger charge is 2.32. The van der Waals surface area contributed by atoms with Gasteiger partial charge in [0.15, 0.2) is 6.61 Å². The van der Waals surface area contributed by atoms with Crippen LogP contribution in [0.2, 0.25) is 0 Å². The van der Waals surface area contributed by atoms with Gasteiger partial charge < -0.3 is 19.9 Å². The maximum Gasteiger partial charge on any atom is 0.341 e. The van der Waals surface area contributed by atoms with E-state index in [2.05, 4.69) is 5.32 Å². The molecule has 10 heteroatoms. The van der Waals surface area contributed by atoms with Gasteiger partial charge in [-0.2, -0.15) is 0 Å². The number of nitrogens with zero attached hydrogens (tertiary/aromatic N) is 2. The number of piperazine rings is 1. The first-order valence-corrected chi connectivity index (χ1v) is 12.2. The fourth-order valence-electron chi connectivity index (χ4n) is 3.53. The second-order valence-electron chi connectivity index (χ2n) is 7.98. The fourth-order valence-corrected chi connectivity index (χ4v) is 5.27. The van der Waals surface area contributed by atoms with Crippen molar-refractivity contribution in [1.82, 2.24) is 9.80 Å². The van der Waals surface area contributed by atoms with E-state index in [-0.39, 0.29) is 30.2 Å². The molecule has 0 atom stereocenters. The highest BCUT2D eigenvalue weighted by molar-refractivity contribution is 7.16. The molecule has 1 aliphatic carbocycles. The van der Waals surface area contributed by atoms with Crippen molar-refractivity contribution in [1.29, 1.82) is 0 Å². The standard InChI is InChI=1S/C22H25N3O5S2/c1-13-14(2)32-20(23-19(27)15-5-6-15)18(13)22(29)30-12-17(26)24-7-9-25(10-8-24)21(28)16-4-3-11-31-16/h3-4,11,15H,5-10,12H2,1-2H3,(H,23,27). The van der Waals surface area contributed by atoms with Crippen molar-refractivity contribution >= 4 is 51.4 Å². The van der Waals surface area contributed by atoms with Gasteiger partial charge in [0.1, 0.15) is 5.00 Å². The molecule has 8 nitrogen and oxygen atoms in total. The van der Waals surface area contributed by atoms with Gasteiger partial charge in [-0.15, -0.1) is 22.7 Å². The molecule has 0 unspecified atom stereocenters. The number of thiophene rings is 2. The minimum atomic E-state index is -0.613. The van der Waals surface area contributed by atoms with Gasteiger partial charge in [0.25, 0.3) is 11.8 Å². The fraction of sp³-hybridized carbons (Fsp3) is 0.455. The summed E-state index contributed by atoms with van der Waals surface area (Å²) in [6.07, 6.45) is 1.74. The van der Waals surface area contributed by atoms with Gasteiger partial charge in [-0.1, -0.05) is 6.07 Å². The van der Waals surface area contributed by atoms with Gasteiger partial charge in [-0.25, -0.2) is 4.79 Å². The van der Waals surface area contributed by atoms with Gasteiger partial charge in [-0.3, -0.25) is 14.4 Å². The van der Waals surface area contributed by atoms with Gasteiger partial charge >= 0.3 is 5.97 Å². The van der Waals surface area contributed by atoms with E-state index in [0.717, 1.165) is 23.3 Å². The first-order chi connectivity index (χ1) is 15.3. The molecule has 2 aromatic rings. The molecular formula is C22H25N3O5S2. The predicted octanol–water partition coefficient (Wildman–Crippen LogP) is 2.92. The van der Waals surface area contributed by atoms with E-state index in [1.807, 2.05) is 18.4 Å². The number of hydrogen-bond donors (Lipinski definition) is 1. The van der Waals surface area contributed by atoms with Crippen LogP contribution in [-0.4, -0.2) is 66.3 Å². The van der Waals surface area contributed by atoms with Crippen LogP contribution < -0.4 is 5.32 Å². The second kappa shape index (κ2) is 9.41. The van der Waals surface area contributed by atoms with Crippen LogP contribution in [-0.2, 0) is 14.3 Å². The zero-order valence-corrected chi connectivity index (χ0v) is 19.6. The zero-order chi connectivity index (χ0) is 22.8. The lowest BCUT2D eigenvalue weighted by Gasteiger charge is -2.34. The SMILES string of the molecule is Cc1sc(NC(=O)C2CC2)c(C(=O)OCC(=O)N2CCN(C(=O)c3cccs3)CC2)c1C. The summed E-state index contributed by atoms with van der Waals surface area (Å²) in [5.41, 5.74) is 1.07. The number of ether oxygens (including phenoxy) is 1. The van der Waals surface area contributed by atoms with E-state index in [0.29, 0.717) is 41.6 Å². The summed E-state index contributed by atoms with van der Waals surface area (Å²) in [6.45, 7) is 4.99. The number of nitrogens with one attached hydrogen (secondary N) is 1. The quantitative estimate of drug-likeness (QED) is 0.648. The third-order valence-corrected chi connectivity index (χ3v) is 7.73. The van der Waals surface area contributed by atoms with Crippen LogP contribution >= 0.6 is 22.7 Å². The van der Waals surface area contributed by atoms with Crippen LogP contribution in [0.5, 0.6) is 0 Å². The molecule has 1 aliphatic heterocycles. The van der Waals surface area contributed by atoms with Crippen LogP contribution in [0.25, 0.3) is 0 Å². The summed E-state index contributed by atoms with van der Waals surface area (Å²) in [6, 6.07) is 3.63. The second-order valence-corrected chi connectivity index (χ2v) is 10.1. The Morgan fingerprint density at radius 2 is 1.78 bits per heavy atom. The molecule has 2 aromatic heterocycles. The van der Waals surface area contributed by atoms with Crippen LogP contribution in [0.3, 0.4) is 0 Å². The third kappa shape index (κ3) is 4.86. The number of hydrogen-bond acceptors (Lipinski definition) is 7. The summed E-state index contributed by atoms with van der Waals surface area (Å²) < 4.78 is 5.32. The number of aryl methyl sites for hydroxylation is 1. The Labute approximate surface area is 194 Å². The molecule has 1 saturated carbocycles. The molecule has 3 amide bonds. The largest absolute Gasteiger partial charge is 0.452 e. The lowest BCUT2D eigenvalue weighted by molar-refractivity contribution is -0.136. The van der Waals surface area contributed by atoms with Crippen molar-refractivity contribution in [2.24, 2.45) is 5.92 Å². The third-order valence-electron chi connectivity index (χ3n) is 5.75. The van der Waals surface area contributed by atoms with Crippen molar-refractivity contribution < 1.29 is 23.9 Å². The topological polar surface area (TPSA) is 96.0 Å². The Hall–Kier alpha value is -2.72. The van der Waals surface area contributed by atoms with E-state index in [9.17, 15) is 19.2 Å². The first-order valence-electron chi connectivity index (χ1n) is 10.5. The van der Waals surface area contributed by atoms with Gasteiger partial charge in [0.05, 0.1) is 10.4 Å². The van der Waals surface area contributed by atoms with Crippen molar-refractivity contribution in [2.45, 2.75) is 26.7 Å². The molecule has 1 saturated heterocycles. The van der Waals surface area contributed by atoms with Gasteiger partial charge in [-0.05, 0) is 43.7 Å². The van der Waals surface area contributed by atoms with Gasteiger partial charge in [0.2, 0.25) is 5.91 Å². The Morgan fingerprint density at radius 1 is 1.09 bits per heavy atom. The molecule has 170 valence electrons. The first kappa shape index (κ1) is 22.5. The van der Waals surface area contributed by atoms with E-state index >= 15 is 0 Å².